The average Bonchev–Trinajstić information content (AvgIpc) is 3.82. The maximum absolute atomic E-state index is 6.80. The summed E-state index contributed by atoms with van der Waals surface area (Å²) in [6, 6.07) is 22.8. The lowest BCUT2D eigenvalue weighted by Gasteiger charge is -2.23. The summed E-state index contributed by atoms with van der Waals surface area (Å²) in [5.74, 6) is 3.87. The molecule has 304 valence electrons. The number of imidazole rings is 2. The van der Waals surface area contributed by atoms with E-state index in [1.807, 2.05) is 0 Å². The summed E-state index contributed by atoms with van der Waals surface area (Å²) in [7, 11) is 4.13. The van der Waals surface area contributed by atoms with Crippen LogP contribution in [0.3, 0.4) is 0 Å². The van der Waals surface area contributed by atoms with E-state index in [0.29, 0.717) is 52.1 Å². The summed E-state index contributed by atoms with van der Waals surface area (Å²) in [6.45, 7) is 12.8. The van der Waals surface area contributed by atoms with E-state index in [9.17, 15) is 0 Å². The van der Waals surface area contributed by atoms with Gasteiger partial charge in [0.15, 0.2) is 0 Å². The quantitative estimate of drug-likeness (QED) is 0.0920. The minimum Gasteiger partial charge on any atom is -0.493 e. The van der Waals surface area contributed by atoms with Gasteiger partial charge in [0.2, 0.25) is 12.7 Å². The molecule has 1 aliphatic carbocycles. The molecule has 58 heavy (non-hydrogen) atoms. The zero-order chi connectivity index (χ0) is 40.4. The number of ether oxygens (including phenoxy) is 4. The monoisotopic (exact) mass is 782 g/mol. The Morgan fingerprint density at radius 1 is 0.448 bits per heavy atom. The van der Waals surface area contributed by atoms with E-state index in [1.165, 1.54) is 33.4 Å². The molecule has 0 amide bonds. The van der Waals surface area contributed by atoms with E-state index < -0.39 is 0 Å². The molecule has 6 aromatic rings. The van der Waals surface area contributed by atoms with Gasteiger partial charge in [0.25, 0.3) is 0 Å². The highest BCUT2D eigenvalue weighted by Gasteiger charge is 2.24. The highest BCUT2D eigenvalue weighted by Crippen LogP contribution is 2.40. The number of nitrogens with zero attached hydrogens (tertiary/aromatic N) is 4. The molecule has 1 aliphatic rings. The van der Waals surface area contributed by atoms with Crippen LogP contribution < -0.4 is 28.1 Å². The van der Waals surface area contributed by atoms with Crippen LogP contribution >= 0.6 is 0 Å². The van der Waals surface area contributed by atoms with Gasteiger partial charge in [-0.1, -0.05) is 64.1 Å². The molecular weight excluding hydrogens is 721 g/mol. The second-order valence-electron chi connectivity index (χ2n) is 15.9. The molecule has 8 nitrogen and oxygen atoms in total. The number of hydrogen-bond donors (Lipinski definition) is 0. The van der Waals surface area contributed by atoms with Gasteiger partial charge < -0.3 is 18.9 Å². The number of rotatable bonds is 16. The largest absolute Gasteiger partial charge is 0.493 e. The molecule has 2 aromatic heterocycles. The molecule has 4 aromatic carbocycles. The van der Waals surface area contributed by atoms with Crippen LogP contribution in [0.5, 0.6) is 23.0 Å². The van der Waals surface area contributed by atoms with Gasteiger partial charge in [0, 0.05) is 25.7 Å². The Balaban J connectivity index is 1.48. The second-order valence-corrected chi connectivity index (χ2v) is 15.9. The lowest BCUT2D eigenvalue weighted by atomic mass is 9.89. The van der Waals surface area contributed by atoms with Crippen molar-refractivity contribution in [3.05, 3.63) is 154 Å². The predicted octanol–water partition coefficient (Wildman–Crippen LogP) is 8.87. The molecule has 0 N–H and O–H groups in total. The minimum atomic E-state index is 0.642. The van der Waals surface area contributed by atoms with Gasteiger partial charge in [-0.05, 0) is 106 Å². The third kappa shape index (κ3) is 9.78. The minimum absolute atomic E-state index is 0.642. The summed E-state index contributed by atoms with van der Waals surface area (Å²) in [5, 5.41) is 0. The first-order valence-corrected chi connectivity index (χ1v) is 21.4. The Labute approximate surface area is 345 Å². The Morgan fingerprint density at radius 2 is 0.741 bits per heavy atom. The van der Waals surface area contributed by atoms with Crippen molar-refractivity contribution in [3.8, 4) is 23.0 Å². The van der Waals surface area contributed by atoms with Gasteiger partial charge in [0.1, 0.15) is 60.9 Å². The van der Waals surface area contributed by atoms with E-state index >= 15 is 0 Å². The van der Waals surface area contributed by atoms with Crippen molar-refractivity contribution in [2.24, 2.45) is 14.1 Å². The number of aryl methyl sites for hydroxylation is 2. The standard InChI is InChI=1S/C50H62N4O4/c1-7-21-55-47-39-13-11-14-40(47)30-44-26-38(34-54-20-18-52(6)36-54)28-46(50(44)58-24-10-4)32-42-16-12-15-41(48(42)56-22-8-2)31-45-27-37(33-53-19-17-51(5)35-53)25-43(29-39)49(45)57-23-9-3/h11-20,25-28,35-36H,7-10,21-24,29-34H2,1-6H3/q+2. The molecule has 0 radical (unpaired) electrons. The van der Waals surface area contributed by atoms with Crippen LogP contribution in [0.1, 0.15) is 109 Å². The van der Waals surface area contributed by atoms with Gasteiger partial charge in [-0.15, -0.1) is 0 Å². The molecule has 0 unspecified atom stereocenters. The molecule has 0 atom stereocenters. The molecule has 8 heteroatoms. The first-order valence-electron chi connectivity index (χ1n) is 21.4. The highest BCUT2D eigenvalue weighted by atomic mass is 16.5. The molecule has 0 saturated heterocycles. The average molecular weight is 783 g/mol. The topological polar surface area (TPSA) is 54.5 Å². The van der Waals surface area contributed by atoms with Crippen LogP contribution in [0.2, 0.25) is 0 Å². The van der Waals surface area contributed by atoms with Crippen LogP contribution in [-0.4, -0.2) is 35.6 Å². The van der Waals surface area contributed by atoms with Gasteiger partial charge >= 0.3 is 0 Å². The molecular formula is C50H62N4O4+2. The predicted molar refractivity (Wildman–Crippen MR) is 230 cm³/mol. The van der Waals surface area contributed by atoms with E-state index in [0.717, 1.165) is 84.0 Å². The smallest absolute Gasteiger partial charge is 0.243 e. The number of hydrogen-bond acceptors (Lipinski definition) is 4. The van der Waals surface area contributed by atoms with Crippen LogP contribution in [0.15, 0.2) is 98.1 Å². The molecule has 0 aliphatic heterocycles. The lowest BCUT2D eigenvalue weighted by molar-refractivity contribution is -0.671. The van der Waals surface area contributed by atoms with Crippen molar-refractivity contribution >= 4 is 0 Å². The highest BCUT2D eigenvalue weighted by molar-refractivity contribution is 5.57. The molecule has 0 saturated carbocycles. The Hall–Kier alpha value is -5.50. The fourth-order valence-electron chi connectivity index (χ4n) is 8.18. The fourth-order valence-corrected chi connectivity index (χ4v) is 8.18. The molecule has 8 bridgehead atoms. The summed E-state index contributed by atoms with van der Waals surface area (Å²) in [4.78, 5) is 0. The number of fused-ring (bicyclic) bond motifs is 8. The Morgan fingerprint density at radius 3 is 1.00 bits per heavy atom. The Bertz CT molecular complexity index is 2050. The summed E-state index contributed by atoms with van der Waals surface area (Å²) < 4.78 is 35.8. The number of aromatic nitrogens is 4. The lowest BCUT2D eigenvalue weighted by Crippen LogP contribution is -2.23. The second kappa shape index (κ2) is 19.3. The summed E-state index contributed by atoms with van der Waals surface area (Å²) in [6.07, 6.45) is 19.1. The number of benzene rings is 4. The molecule has 7 rings (SSSR count). The third-order valence-corrected chi connectivity index (χ3v) is 10.7. The van der Waals surface area contributed by atoms with E-state index in [-0.39, 0.29) is 0 Å². The zero-order valence-corrected chi connectivity index (χ0v) is 35.6. The van der Waals surface area contributed by atoms with Gasteiger partial charge in [0.05, 0.1) is 40.5 Å². The van der Waals surface area contributed by atoms with Crippen molar-refractivity contribution in [1.29, 1.82) is 0 Å². The molecule has 2 heterocycles. The maximum atomic E-state index is 6.80. The van der Waals surface area contributed by atoms with Crippen LogP contribution in [0.4, 0.5) is 0 Å². The van der Waals surface area contributed by atoms with E-state index in [4.69, 9.17) is 18.9 Å². The zero-order valence-electron chi connectivity index (χ0n) is 35.6. The van der Waals surface area contributed by atoms with Gasteiger partial charge in [-0.25, -0.2) is 18.3 Å². The van der Waals surface area contributed by atoms with E-state index in [2.05, 4.69) is 158 Å². The van der Waals surface area contributed by atoms with Crippen molar-refractivity contribution in [3.63, 3.8) is 0 Å². The van der Waals surface area contributed by atoms with Crippen LogP contribution in [0.25, 0.3) is 0 Å². The first-order chi connectivity index (χ1) is 28.3. The van der Waals surface area contributed by atoms with Gasteiger partial charge in [-0.2, -0.15) is 0 Å². The van der Waals surface area contributed by atoms with Crippen molar-refractivity contribution in [1.82, 2.24) is 9.13 Å². The van der Waals surface area contributed by atoms with Crippen molar-refractivity contribution in [2.45, 2.75) is 92.2 Å². The fraction of sp³-hybridized carbons (Fsp3) is 0.400. The van der Waals surface area contributed by atoms with E-state index in [1.54, 1.807) is 0 Å². The SMILES string of the molecule is CCCOc1c2cccc1Cc1cc(Cn3cc[n+](C)c3)cc(c1OCCC)Cc1cccc(c1OCCC)Cc1cc(Cn3cc[n+](C)c3)cc(c1OCCC)C2. The van der Waals surface area contributed by atoms with Gasteiger partial charge in [-0.3, -0.25) is 0 Å². The summed E-state index contributed by atoms with van der Waals surface area (Å²) >= 11 is 0. The van der Waals surface area contributed by atoms with Crippen molar-refractivity contribution < 1.29 is 28.1 Å². The Kier molecular flexibility index (Phi) is 13.5. The third-order valence-electron chi connectivity index (χ3n) is 10.7. The normalized spacial score (nSPS) is 12.4. The number of para-hydroxylation sites is 2. The molecule has 0 spiro atoms. The first kappa shape index (κ1) is 40.7. The van der Waals surface area contributed by atoms with Crippen LogP contribution in [-0.2, 0) is 52.9 Å². The molecule has 0 fully saturated rings. The summed E-state index contributed by atoms with van der Waals surface area (Å²) in [5.41, 5.74) is 11.8. The van der Waals surface area contributed by atoms with Crippen LogP contribution in [0, 0.1) is 0 Å². The maximum Gasteiger partial charge on any atom is 0.243 e. The van der Waals surface area contributed by atoms with Crippen molar-refractivity contribution in [2.75, 3.05) is 26.4 Å².